The molecule has 0 atom stereocenters. The predicted octanol–water partition coefficient (Wildman–Crippen LogP) is 3.44. The number of piperidine rings is 1. The minimum absolute atomic E-state index is 0.00783. The number of carbonyl (C=O) groups is 1. The molecule has 3 rings (SSSR count). The molecule has 0 saturated carbocycles. The lowest BCUT2D eigenvalue weighted by atomic mass is 9.77. The summed E-state index contributed by atoms with van der Waals surface area (Å²) in [6.45, 7) is 6.12. The number of aliphatic hydroxyl groups is 1. The highest BCUT2D eigenvalue weighted by atomic mass is 16.3. The van der Waals surface area contributed by atoms with Gasteiger partial charge in [0.15, 0.2) is 0 Å². The maximum absolute atomic E-state index is 12.4. The Morgan fingerprint density at radius 3 is 2.67 bits per heavy atom. The maximum Gasteiger partial charge on any atom is 0.317 e. The third-order valence-corrected chi connectivity index (χ3v) is 5.54. The molecule has 0 unspecified atom stereocenters. The number of para-hydroxylation sites is 1. The van der Waals surface area contributed by atoms with E-state index in [9.17, 15) is 9.90 Å². The van der Waals surface area contributed by atoms with Gasteiger partial charge < -0.3 is 19.7 Å². The number of urea groups is 1. The molecule has 0 radical (unpaired) electrons. The average Bonchev–Trinajstić information content (AvgIpc) is 2.96. The molecule has 1 fully saturated rings. The molecular weight excluding hydrogens is 304 g/mol. The molecule has 1 aromatic heterocycles. The Labute approximate surface area is 142 Å². The standard InChI is InChI=1S/C19H26N2O3/c1-3-19(13-22)8-10-21(11-9-19)18(23)20-12-17-14(2)15-6-4-5-7-16(15)24-17/h4-7,22H,3,8-13H2,1-2H3,(H,20,23). The van der Waals surface area contributed by atoms with Crippen molar-refractivity contribution in [2.75, 3.05) is 19.7 Å². The number of carbonyl (C=O) groups excluding carboxylic acids is 1. The summed E-state index contributed by atoms with van der Waals surface area (Å²) in [4.78, 5) is 14.2. The minimum atomic E-state index is -0.0579. The smallest absolute Gasteiger partial charge is 0.317 e. The van der Waals surface area contributed by atoms with Crippen LogP contribution in [0.1, 0.15) is 37.5 Å². The van der Waals surface area contributed by atoms with Crippen molar-refractivity contribution in [2.24, 2.45) is 5.41 Å². The molecule has 0 spiro atoms. The fraction of sp³-hybridized carbons (Fsp3) is 0.526. The Morgan fingerprint density at radius 1 is 1.33 bits per heavy atom. The summed E-state index contributed by atoms with van der Waals surface area (Å²) in [5.74, 6) is 0.805. The summed E-state index contributed by atoms with van der Waals surface area (Å²) >= 11 is 0. The van der Waals surface area contributed by atoms with E-state index in [0.717, 1.165) is 41.6 Å². The van der Waals surface area contributed by atoms with Crippen molar-refractivity contribution in [3.8, 4) is 0 Å². The third-order valence-electron chi connectivity index (χ3n) is 5.54. The lowest BCUT2D eigenvalue weighted by Crippen LogP contribution is -2.48. The first kappa shape index (κ1) is 16.8. The van der Waals surface area contributed by atoms with Gasteiger partial charge in [-0.1, -0.05) is 25.1 Å². The molecule has 5 nitrogen and oxygen atoms in total. The van der Waals surface area contributed by atoms with Gasteiger partial charge in [-0.25, -0.2) is 4.79 Å². The SMILES string of the molecule is CCC1(CO)CCN(C(=O)NCc2oc3ccccc3c2C)CC1. The van der Waals surface area contributed by atoms with E-state index in [1.54, 1.807) is 0 Å². The van der Waals surface area contributed by atoms with Crippen LogP contribution >= 0.6 is 0 Å². The second kappa shape index (κ2) is 6.85. The lowest BCUT2D eigenvalue weighted by Gasteiger charge is -2.40. The summed E-state index contributed by atoms with van der Waals surface area (Å²) in [5, 5.41) is 13.6. The molecule has 0 aliphatic carbocycles. The van der Waals surface area contributed by atoms with Gasteiger partial charge in [0.05, 0.1) is 6.54 Å². The van der Waals surface area contributed by atoms with Crippen molar-refractivity contribution >= 4 is 17.0 Å². The zero-order valence-electron chi connectivity index (χ0n) is 14.5. The van der Waals surface area contributed by atoms with Crippen molar-refractivity contribution in [3.63, 3.8) is 0 Å². The maximum atomic E-state index is 12.4. The molecule has 1 aliphatic heterocycles. The van der Waals surface area contributed by atoms with Gasteiger partial charge in [0, 0.05) is 30.6 Å². The number of nitrogens with zero attached hydrogens (tertiary/aromatic N) is 1. The van der Waals surface area contributed by atoms with Crippen LogP contribution in [0.15, 0.2) is 28.7 Å². The van der Waals surface area contributed by atoms with E-state index in [0.29, 0.717) is 19.6 Å². The first-order chi connectivity index (χ1) is 11.6. The van der Waals surface area contributed by atoms with Gasteiger partial charge in [-0.15, -0.1) is 0 Å². The van der Waals surface area contributed by atoms with Crippen molar-refractivity contribution in [3.05, 3.63) is 35.6 Å². The zero-order chi connectivity index (χ0) is 17.2. The van der Waals surface area contributed by atoms with Crippen LogP contribution in [0.4, 0.5) is 4.79 Å². The Balaban J connectivity index is 1.59. The lowest BCUT2D eigenvalue weighted by molar-refractivity contribution is 0.0518. The zero-order valence-corrected chi connectivity index (χ0v) is 14.5. The first-order valence-electron chi connectivity index (χ1n) is 8.69. The summed E-state index contributed by atoms with van der Waals surface area (Å²) in [6, 6.07) is 7.85. The third kappa shape index (κ3) is 3.13. The Kier molecular flexibility index (Phi) is 4.81. The predicted molar refractivity (Wildman–Crippen MR) is 93.8 cm³/mol. The molecule has 24 heavy (non-hydrogen) atoms. The van der Waals surface area contributed by atoms with Crippen LogP contribution in [-0.2, 0) is 6.54 Å². The number of likely N-dealkylation sites (tertiary alicyclic amines) is 1. The first-order valence-corrected chi connectivity index (χ1v) is 8.69. The number of benzene rings is 1. The number of amides is 2. The summed E-state index contributed by atoms with van der Waals surface area (Å²) in [6.07, 6.45) is 2.67. The van der Waals surface area contributed by atoms with Crippen LogP contribution in [0, 0.1) is 12.3 Å². The van der Waals surface area contributed by atoms with E-state index in [4.69, 9.17) is 4.42 Å². The molecule has 1 aromatic carbocycles. The molecule has 2 amide bonds. The van der Waals surface area contributed by atoms with Gasteiger partial charge in [-0.05, 0) is 37.7 Å². The Bertz CT molecular complexity index is 708. The van der Waals surface area contributed by atoms with Gasteiger partial charge in [-0.3, -0.25) is 0 Å². The average molecular weight is 330 g/mol. The Morgan fingerprint density at radius 2 is 2.04 bits per heavy atom. The van der Waals surface area contributed by atoms with E-state index < -0.39 is 0 Å². The van der Waals surface area contributed by atoms with E-state index in [2.05, 4.69) is 12.2 Å². The van der Waals surface area contributed by atoms with Crippen molar-refractivity contribution in [2.45, 2.75) is 39.7 Å². The van der Waals surface area contributed by atoms with Crippen LogP contribution in [0.25, 0.3) is 11.0 Å². The molecule has 2 N–H and O–H groups in total. The van der Waals surface area contributed by atoms with E-state index in [1.807, 2.05) is 36.1 Å². The van der Waals surface area contributed by atoms with Gasteiger partial charge in [0.2, 0.25) is 0 Å². The number of nitrogens with one attached hydrogen (secondary N) is 1. The molecule has 5 heteroatoms. The van der Waals surface area contributed by atoms with Crippen molar-refractivity contribution in [1.82, 2.24) is 10.2 Å². The second-order valence-electron chi connectivity index (χ2n) is 6.80. The second-order valence-corrected chi connectivity index (χ2v) is 6.80. The monoisotopic (exact) mass is 330 g/mol. The van der Waals surface area contributed by atoms with Crippen molar-refractivity contribution in [1.29, 1.82) is 0 Å². The molecule has 1 aliphatic rings. The number of aliphatic hydroxyl groups excluding tert-OH is 1. The van der Waals surface area contributed by atoms with Crippen LogP contribution < -0.4 is 5.32 Å². The topological polar surface area (TPSA) is 65.7 Å². The summed E-state index contributed by atoms with van der Waals surface area (Å²) < 4.78 is 5.84. The molecule has 2 heterocycles. The summed E-state index contributed by atoms with van der Waals surface area (Å²) in [5.41, 5.74) is 1.93. The van der Waals surface area contributed by atoms with Crippen LogP contribution in [-0.4, -0.2) is 35.7 Å². The number of hydrogen-bond acceptors (Lipinski definition) is 3. The molecule has 2 aromatic rings. The minimum Gasteiger partial charge on any atom is -0.459 e. The van der Waals surface area contributed by atoms with Crippen LogP contribution in [0.5, 0.6) is 0 Å². The number of fused-ring (bicyclic) bond motifs is 1. The number of furan rings is 1. The van der Waals surface area contributed by atoms with Crippen LogP contribution in [0.3, 0.4) is 0 Å². The van der Waals surface area contributed by atoms with Gasteiger partial charge in [-0.2, -0.15) is 0 Å². The summed E-state index contributed by atoms with van der Waals surface area (Å²) in [7, 11) is 0. The number of rotatable bonds is 4. The fourth-order valence-corrected chi connectivity index (χ4v) is 3.47. The number of aryl methyl sites for hydroxylation is 1. The number of hydrogen-bond donors (Lipinski definition) is 2. The normalized spacial score (nSPS) is 17.2. The molecule has 1 saturated heterocycles. The fourth-order valence-electron chi connectivity index (χ4n) is 3.47. The van der Waals surface area contributed by atoms with Gasteiger partial charge >= 0.3 is 6.03 Å². The molecular formula is C19H26N2O3. The largest absolute Gasteiger partial charge is 0.459 e. The van der Waals surface area contributed by atoms with Crippen LogP contribution in [0.2, 0.25) is 0 Å². The Hall–Kier alpha value is -2.01. The van der Waals surface area contributed by atoms with E-state index >= 15 is 0 Å². The van der Waals surface area contributed by atoms with E-state index in [1.165, 1.54) is 0 Å². The quantitative estimate of drug-likeness (QED) is 0.902. The molecule has 130 valence electrons. The van der Waals surface area contributed by atoms with E-state index in [-0.39, 0.29) is 18.1 Å². The van der Waals surface area contributed by atoms with Gasteiger partial charge in [0.1, 0.15) is 11.3 Å². The highest BCUT2D eigenvalue weighted by Crippen LogP contribution is 2.34. The highest BCUT2D eigenvalue weighted by Gasteiger charge is 2.33. The molecule has 0 bridgehead atoms. The van der Waals surface area contributed by atoms with Crippen molar-refractivity contribution < 1.29 is 14.3 Å². The highest BCUT2D eigenvalue weighted by molar-refractivity contribution is 5.82. The van der Waals surface area contributed by atoms with Gasteiger partial charge in [0.25, 0.3) is 0 Å².